The summed E-state index contributed by atoms with van der Waals surface area (Å²) in [4.78, 5) is 0. The summed E-state index contributed by atoms with van der Waals surface area (Å²) in [5.74, 6) is 0.776. The molecular formula is C28H27O3P. The second-order valence-electron chi connectivity index (χ2n) is 7.55. The third kappa shape index (κ3) is 4.47. The van der Waals surface area contributed by atoms with E-state index in [9.17, 15) is 5.11 Å². The summed E-state index contributed by atoms with van der Waals surface area (Å²) < 4.78 is 12.4. The van der Waals surface area contributed by atoms with Gasteiger partial charge in [0.25, 0.3) is 0 Å². The molecule has 0 unspecified atom stereocenters. The highest BCUT2D eigenvalue weighted by Gasteiger charge is 2.40. The average Bonchev–Trinajstić information content (AvgIpc) is 2.88. The summed E-state index contributed by atoms with van der Waals surface area (Å²) in [6, 6.07) is 37.5. The first-order valence-corrected chi connectivity index (χ1v) is 11.9. The van der Waals surface area contributed by atoms with E-state index in [1.165, 1.54) is 0 Å². The molecule has 0 fully saturated rings. The van der Waals surface area contributed by atoms with Crippen molar-refractivity contribution in [2.75, 3.05) is 7.11 Å². The fraction of sp³-hybridized carbons (Fsp3) is 0.143. The molecule has 1 N–H and O–H groups in total. The van der Waals surface area contributed by atoms with Crippen LogP contribution >= 0.6 is 8.15 Å². The molecule has 2 atom stereocenters. The minimum Gasteiger partial charge on any atom is -0.496 e. The molecule has 4 aromatic carbocycles. The number of para-hydroxylation sites is 1. The lowest BCUT2D eigenvalue weighted by atomic mass is 9.82. The van der Waals surface area contributed by atoms with Crippen LogP contribution in [0.4, 0.5) is 0 Å². The Labute approximate surface area is 191 Å². The van der Waals surface area contributed by atoms with Gasteiger partial charge in [0.1, 0.15) is 11.4 Å². The average molecular weight is 442 g/mol. The van der Waals surface area contributed by atoms with Crippen molar-refractivity contribution >= 4 is 18.8 Å². The summed E-state index contributed by atoms with van der Waals surface area (Å²) in [6.07, 6.45) is -0.538. The Morgan fingerprint density at radius 1 is 0.688 bits per heavy atom. The molecule has 4 aromatic rings. The van der Waals surface area contributed by atoms with Crippen molar-refractivity contribution in [3.05, 3.63) is 126 Å². The molecule has 32 heavy (non-hydrogen) atoms. The Morgan fingerprint density at radius 3 is 1.69 bits per heavy atom. The maximum absolute atomic E-state index is 12.1. The van der Waals surface area contributed by atoms with Gasteiger partial charge >= 0.3 is 0 Å². The van der Waals surface area contributed by atoms with E-state index in [-0.39, 0.29) is 0 Å². The third-order valence-electron chi connectivity index (χ3n) is 5.57. The van der Waals surface area contributed by atoms with E-state index in [0.717, 1.165) is 27.5 Å². The number of methoxy groups -OCH3 is 1. The van der Waals surface area contributed by atoms with E-state index >= 15 is 0 Å². The van der Waals surface area contributed by atoms with Gasteiger partial charge in [-0.3, -0.25) is 0 Å². The fourth-order valence-electron chi connectivity index (χ4n) is 3.87. The van der Waals surface area contributed by atoms with Crippen LogP contribution in [0.5, 0.6) is 5.75 Å². The van der Waals surface area contributed by atoms with Crippen LogP contribution in [0.2, 0.25) is 0 Å². The predicted octanol–water partition coefficient (Wildman–Crippen LogP) is 5.38. The molecule has 0 saturated carbocycles. The topological polar surface area (TPSA) is 38.7 Å². The molecule has 0 bridgehead atoms. The number of aliphatic hydroxyl groups is 1. The van der Waals surface area contributed by atoms with Gasteiger partial charge in [-0.1, -0.05) is 103 Å². The number of ether oxygens (including phenoxy) is 1. The van der Waals surface area contributed by atoms with Gasteiger partial charge in [0.15, 0.2) is 0 Å². The Morgan fingerprint density at radius 2 is 1.16 bits per heavy atom. The van der Waals surface area contributed by atoms with Crippen LogP contribution in [0.3, 0.4) is 0 Å². The van der Waals surface area contributed by atoms with Crippen LogP contribution in [0.15, 0.2) is 115 Å². The summed E-state index contributed by atoms with van der Waals surface area (Å²) in [7, 11) is 0.425. The molecule has 162 valence electrons. The Kier molecular flexibility index (Phi) is 7.02. The lowest BCUT2D eigenvalue weighted by Crippen LogP contribution is -2.41. The predicted molar refractivity (Wildman–Crippen MR) is 132 cm³/mol. The summed E-state index contributed by atoms with van der Waals surface area (Å²) >= 11 is 0. The van der Waals surface area contributed by atoms with Crippen LogP contribution in [0.1, 0.15) is 18.1 Å². The van der Waals surface area contributed by atoms with Crippen molar-refractivity contribution in [2.45, 2.75) is 18.6 Å². The van der Waals surface area contributed by atoms with E-state index in [1.807, 2.05) is 110 Å². The number of benzene rings is 4. The van der Waals surface area contributed by atoms with Crippen LogP contribution in [0.25, 0.3) is 0 Å². The lowest BCUT2D eigenvalue weighted by Gasteiger charge is -2.37. The van der Waals surface area contributed by atoms with E-state index in [1.54, 1.807) is 7.11 Å². The van der Waals surface area contributed by atoms with E-state index < -0.39 is 19.9 Å². The highest BCUT2D eigenvalue weighted by molar-refractivity contribution is 7.68. The fourth-order valence-corrected chi connectivity index (χ4v) is 5.89. The molecule has 4 rings (SSSR count). The van der Waals surface area contributed by atoms with Crippen molar-refractivity contribution in [3.8, 4) is 5.75 Å². The van der Waals surface area contributed by atoms with E-state index in [4.69, 9.17) is 9.26 Å². The van der Waals surface area contributed by atoms with Crippen LogP contribution in [-0.2, 0) is 10.1 Å². The maximum Gasteiger partial charge on any atom is 0.141 e. The Balaban J connectivity index is 1.80. The van der Waals surface area contributed by atoms with Crippen molar-refractivity contribution in [1.29, 1.82) is 0 Å². The van der Waals surface area contributed by atoms with Gasteiger partial charge < -0.3 is 14.4 Å². The van der Waals surface area contributed by atoms with Gasteiger partial charge in [-0.2, -0.15) is 0 Å². The number of hydrogen-bond acceptors (Lipinski definition) is 3. The molecule has 0 heterocycles. The molecular weight excluding hydrogens is 415 g/mol. The quantitative estimate of drug-likeness (QED) is 0.372. The molecule has 3 nitrogen and oxygen atoms in total. The zero-order chi connectivity index (χ0) is 22.4. The minimum atomic E-state index is -1.32. The first-order chi connectivity index (χ1) is 15.6. The zero-order valence-electron chi connectivity index (χ0n) is 18.3. The molecule has 0 spiro atoms. The highest BCUT2D eigenvalue weighted by atomic mass is 31.1. The summed E-state index contributed by atoms with van der Waals surface area (Å²) in [6.45, 7) is 1.94. The van der Waals surface area contributed by atoms with Crippen LogP contribution in [0, 0.1) is 0 Å². The number of rotatable bonds is 8. The van der Waals surface area contributed by atoms with Crippen molar-refractivity contribution in [2.24, 2.45) is 0 Å². The molecule has 0 aliphatic heterocycles. The Hall–Kier alpha value is -2.97. The van der Waals surface area contributed by atoms with E-state index in [2.05, 4.69) is 12.1 Å². The van der Waals surface area contributed by atoms with Gasteiger partial charge in [-0.25, -0.2) is 0 Å². The van der Waals surface area contributed by atoms with Gasteiger partial charge in [-0.05, 0) is 30.2 Å². The molecule has 0 aliphatic carbocycles. The molecule has 4 heteroatoms. The highest BCUT2D eigenvalue weighted by Crippen LogP contribution is 2.45. The second kappa shape index (κ2) is 10.1. The Bertz CT molecular complexity index is 1080. The van der Waals surface area contributed by atoms with Crippen molar-refractivity contribution in [1.82, 2.24) is 0 Å². The number of hydrogen-bond donors (Lipinski definition) is 1. The maximum atomic E-state index is 12.1. The second-order valence-corrected chi connectivity index (χ2v) is 9.35. The van der Waals surface area contributed by atoms with Crippen LogP contribution in [-0.4, -0.2) is 18.3 Å². The third-order valence-corrected chi connectivity index (χ3v) is 7.68. The van der Waals surface area contributed by atoms with Gasteiger partial charge in [0.2, 0.25) is 0 Å². The first kappa shape index (κ1) is 22.2. The zero-order valence-corrected chi connectivity index (χ0v) is 19.2. The SMILES string of the molecule is COc1ccccc1[P@](O[C@@H](C)C(O)(c1ccccc1)c1ccccc1)c1ccccc1. The van der Waals surface area contributed by atoms with E-state index in [0.29, 0.717) is 0 Å². The lowest BCUT2D eigenvalue weighted by molar-refractivity contribution is -0.0197. The molecule has 0 saturated heterocycles. The largest absolute Gasteiger partial charge is 0.496 e. The van der Waals surface area contributed by atoms with Crippen molar-refractivity contribution in [3.63, 3.8) is 0 Å². The van der Waals surface area contributed by atoms with Gasteiger partial charge in [-0.15, -0.1) is 0 Å². The summed E-state index contributed by atoms with van der Waals surface area (Å²) in [5.41, 5.74) is 0.267. The molecule has 0 amide bonds. The van der Waals surface area contributed by atoms with Gasteiger partial charge in [0, 0.05) is 10.6 Å². The first-order valence-electron chi connectivity index (χ1n) is 10.6. The van der Waals surface area contributed by atoms with Crippen molar-refractivity contribution < 1.29 is 14.4 Å². The van der Waals surface area contributed by atoms with Crippen LogP contribution < -0.4 is 15.3 Å². The summed E-state index contributed by atoms with van der Waals surface area (Å²) in [5, 5.41) is 14.2. The smallest absolute Gasteiger partial charge is 0.141 e. The molecule has 0 aromatic heterocycles. The monoisotopic (exact) mass is 442 g/mol. The van der Waals surface area contributed by atoms with Gasteiger partial charge in [0.05, 0.1) is 21.4 Å². The standard InChI is InChI=1S/C28H27O3P/c1-22(28(29,23-14-6-3-7-15-23)24-16-8-4-9-17-24)31-32(25-18-10-5-11-19-25)27-21-13-12-20-26(27)30-2/h3-22,29H,1-2H3/t22-,32+/m0/s1. The normalized spacial score (nSPS) is 13.3. The minimum absolute atomic E-state index is 0.538. The molecule has 0 radical (unpaired) electrons. The molecule has 0 aliphatic rings.